The van der Waals surface area contributed by atoms with Gasteiger partial charge in [0.1, 0.15) is 5.82 Å². The van der Waals surface area contributed by atoms with Crippen LogP contribution in [0.25, 0.3) is 22.0 Å². The summed E-state index contributed by atoms with van der Waals surface area (Å²) in [7, 11) is 1.65. The maximum atomic E-state index is 13.3. The first-order chi connectivity index (χ1) is 14.1. The highest BCUT2D eigenvalue weighted by Crippen LogP contribution is 2.30. The van der Waals surface area contributed by atoms with Crippen molar-refractivity contribution in [3.63, 3.8) is 0 Å². The number of carbonyl (C=O) groups is 1. The van der Waals surface area contributed by atoms with Crippen LogP contribution in [0, 0.1) is 12.8 Å². The molecule has 0 saturated heterocycles. The van der Waals surface area contributed by atoms with Crippen molar-refractivity contribution in [3.8, 4) is 11.1 Å². The Bertz CT molecular complexity index is 1210. The maximum Gasteiger partial charge on any atom is 0.258 e. The highest BCUT2D eigenvalue weighted by atomic mass is 19.3. The van der Waals surface area contributed by atoms with E-state index in [2.05, 4.69) is 15.3 Å². The lowest BCUT2D eigenvalue weighted by molar-refractivity contribution is -0.117. The van der Waals surface area contributed by atoms with Crippen molar-refractivity contribution in [3.05, 3.63) is 52.2 Å². The van der Waals surface area contributed by atoms with Gasteiger partial charge in [0.2, 0.25) is 5.91 Å². The number of hydrogen-bond donors (Lipinski definition) is 1. The van der Waals surface area contributed by atoms with E-state index >= 15 is 0 Å². The Morgan fingerprint density at radius 2 is 1.93 bits per heavy atom. The molecule has 0 spiro atoms. The molecule has 156 valence electrons. The van der Waals surface area contributed by atoms with Gasteiger partial charge in [-0.2, -0.15) is 0 Å². The van der Waals surface area contributed by atoms with E-state index in [1.165, 1.54) is 10.8 Å². The van der Waals surface area contributed by atoms with Crippen molar-refractivity contribution in [1.82, 2.24) is 14.5 Å². The minimum absolute atomic E-state index is 0.0529. The molecule has 4 rings (SSSR count). The van der Waals surface area contributed by atoms with Gasteiger partial charge in [0.25, 0.3) is 11.5 Å². The molecule has 30 heavy (non-hydrogen) atoms. The molecule has 0 radical (unpaired) electrons. The van der Waals surface area contributed by atoms with Gasteiger partial charge in [-0.05, 0) is 44.4 Å². The van der Waals surface area contributed by atoms with Gasteiger partial charge >= 0.3 is 0 Å². The number of halogens is 2. The van der Waals surface area contributed by atoms with E-state index < -0.39 is 12.3 Å². The summed E-state index contributed by atoms with van der Waals surface area (Å²) in [6, 6.07) is 4.98. The van der Waals surface area contributed by atoms with E-state index in [0.717, 1.165) is 25.2 Å². The Morgan fingerprint density at radius 3 is 2.57 bits per heavy atom. The molecule has 6 nitrogen and oxygen atoms in total. The molecule has 1 N–H and O–H groups in total. The lowest BCUT2D eigenvalue weighted by Crippen LogP contribution is -2.20. The number of amides is 1. The first-order valence-corrected chi connectivity index (χ1v) is 9.77. The molecular formula is C22H22F2N4O2. The smallest absolute Gasteiger partial charge is 0.258 e. The molecule has 8 heteroatoms. The molecule has 1 fully saturated rings. The third-order valence-corrected chi connectivity index (χ3v) is 5.26. The number of nitrogens with one attached hydrogen (secondary N) is 1. The number of anilines is 1. The van der Waals surface area contributed by atoms with E-state index in [1.807, 2.05) is 0 Å². The summed E-state index contributed by atoms with van der Waals surface area (Å²) in [6.07, 6.45) is 4.40. The standard InChI is InChI=1S/C22H22F2N4O2/c1-12-6-15(9-22(2,23)24)25-11-17(12)16-7-14-10-26-19(27-20(29)13-4-5-13)8-18(14)28(3)21(16)30/h6-8,10-11,13H,4-5,9H2,1-3H3,(H,26,27,29). The van der Waals surface area contributed by atoms with E-state index in [4.69, 9.17) is 0 Å². The highest BCUT2D eigenvalue weighted by molar-refractivity contribution is 5.95. The monoisotopic (exact) mass is 412 g/mol. The summed E-state index contributed by atoms with van der Waals surface area (Å²) < 4.78 is 28.1. The second-order valence-corrected chi connectivity index (χ2v) is 8.05. The lowest BCUT2D eigenvalue weighted by Gasteiger charge is -2.14. The first-order valence-electron chi connectivity index (χ1n) is 9.77. The minimum atomic E-state index is -2.85. The zero-order valence-electron chi connectivity index (χ0n) is 17.0. The zero-order chi connectivity index (χ0) is 21.6. The van der Waals surface area contributed by atoms with Gasteiger partial charge in [0, 0.05) is 53.6 Å². The third-order valence-electron chi connectivity index (χ3n) is 5.26. The second-order valence-electron chi connectivity index (χ2n) is 8.05. The van der Waals surface area contributed by atoms with Crippen molar-refractivity contribution in [2.24, 2.45) is 13.0 Å². The van der Waals surface area contributed by atoms with Crippen LogP contribution in [0.15, 0.2) is 35.4 Å². The van der Waals surface area contributed by atoms with E-state index in [1.54, 1.807) is 38.4 Å². The van der Waals surface area contributed by atoms with Crippen LogP contribution in [0.2, 0.25) is 0 Å². The fourth-order valence-electron chi connectivity index (χ4n) is 3.51. The van der Waals surface area contributed by atoms with Crippen molar-refractivity contribution < 1.29 is 13.6 Å². The van der Waals surface area contributed by atoms with Crippen LogP contribution >= 0.6 is 0 Å². The summed E-state index contributed by atoms with van der Waals surface area (Å²) in [5.41, 5.74) is 2.37. The summed E-state index contributed by atoms with van der Waals surface area (Å²) in [4.78, 5) is 33.4. The normalized spacial score (nSPS) is 14.2. The summed E-state index contributed by atoms with van der Waals surface area (Å²) in [5.74, 6) is -2.44. The number of alkyl halides is 2. The maximum absolute atomic E-state index is 13.3. The molecular weight excluding hydrogens is 390 g/mol. The molecule has 3 aromatic heterocycles. The molecule has 0 aliphatic heterocycles. The topological polar surface area (TPSA) is 76.9 Å². The fourth-order valence-corrected chi connectivity index (χ4v) is 3.51. The molecule has 0 aromatic carbocycles. The molecule has 1 aliphatic rings. The largest absolute Gasteiger partial charge is 0.311 e. The average Bonchev–Trinajstić information content (AvgIpc) is 3.49. The Labute approximate surface area is 172 Å². The first kappa shape index (κ1) is 20.1. The van der Waals surface area contributed by atoms with Crippen LogP contribution in [0.5, 0.6) is 0 Å². The molecule has 1 saturated carbocycles. The fraction of sp³-hybridized carbons (Fsp3) is 0.364. The van der Waals surface area contributed by atoms with Gasteiger partial charge in [-0.3, -0.25) is 14.6 Å². The predicted octanol–water partition coefficient (Wildman–Crippen LogP) is 3.85. The van der Waals surface area contributed by atoms with E-state index in [9.17, 15) is 18.4 Å². The van der Waals surface area contributed by atoms with E-state index in [-0.39, 0.29) is 23.1 Å². The van der Waals surface area contributed by atoms with Gasteiger partial charge < -0.3 is 9.88 Å². The van der Waals surface area contributed by atoms with Gasteiger partial charge in [0.15, 0.2) is 0 Å². The molecule has 0 unspecified atom stereocenters. The van der Waals surface area contributed by atoms with Gasteiger partial charge in [-0.1, -0.05) is 0 Å². The van der Waals surface area contributed by atoms with Gasteiger partial charge in [-0.15, -0.1) is 0 Å². The minimum Gasteiger partial charge on any atom is -0.311 e. The summed E-state index contributed by atoms with van der Waals surface area (Å²) in [5, 5.41) is 3.51. The molecule has 0 bridgehead atoms. The number of hydrogen-bond acceptors (Lipinski definition) is 4. The summed E-state index contributed by atoms with van der Waals surface area (Å²) >= 11 is 0. The number of carbonyl (C=O) groups excluding carboxylic acids is 1. The van der Waals surface area contributed by atoms with Crippen molar-refractivity contribution >= 4 is 22.6 Å². The van der Waals surface area contributed by atoms with Crippen LogP contribution in [-0.2, 0) is 18.3 Å². The highest BCUT2D eigenvalue weighted by Gasteiger charge is 2.30. The van der Waals surface area contributed by atoms with Gasteiger partial charge in [0.05, 0.1) is 11.9 Å². The Kier molecular flexibility index (Phi) is 4.88. The van der Waals surface area contributed by atoms with Gasteiger partial charge in [-0.25, -0.2) is 13.8 Å². The zero-order valence-corrected chi connectivity index (χ0v) is 17.0. The number of pyridine rings is 3. The SMILES string of the molecule is Cc1cc(CC(C)(F)F)ncc1-c1cc2cnc(NC(=O)C3CC3)cc2n(C)c1=O. The van der Waals surface area contributed by atoms with Crippen molar-refractivity contribution in [2.45, 2.75) is 39.0 Å². The quantitative estimate of drug-likeness (QED) is 0.691. The molecule has 0 atom stereocenters. The number of nitrogens with zero attached hydrogens (tertiary/aromatic N) is 3. The molecule has 1 amide bonds. The second kappa shape index (κ2) is 7.27. The van der Waals surface area contributed by atoms with E-state index in [0.29, 0.717) is 28.0 Å². The van der Waals surface area contributed by atoms with Crippen molar-refractivity contribution in [2.75, 3.05) is 5.32 Å². The lowest BCUT2D eigenvalue weighted by atomic mass is 10.0. The Hall–Kier alpha value is -3.16. The number of fused-ring (bicyclic) bond motifs is 1. The number of aromatic nitrogens is 3. The number of aryl methyl sites for hydroxylation is 2. The van der Waals surface area contributed by atoms with Crippen LogP contribution in [-0.4, -0.2) is 26.4 Å². The third kappa shape index (κ3) is 4.08. The summed E-state index contributed by atoms with van der Waals surface area (Å²) in [6.45, 7) is 2.62. The Morgan fingerprint density at radius 1 is 1.20 bits per heavy atom. The molecule has 1 aliphatic carbocycles. The molecule has 3 heterocycles. The Balaban J connectivity index is 1.72. The van der Waals surface area contributed by atoms with Crippen LogP contribution in [0.4, 0.5) is 14.6 Å². The number of rotatable bonds is 5. The van der Waals surface area contributed by atoms with Crippen LogP contribution in [0.3, 0.4) is 0 Å². The van der Waals surface area contributed by atoms with Crippen LogP contribution < -0.4 is 10.9 Å². The van der Waals surface area contributed by atoms with Crippen molar-refractivity contribution in [1.29, 1.82) is 0 Å². The predicted molar refractivity (Wildman–Crippen MR) is 111 cm³/mol. The van der Waals surface area contributed by atoms with Crippen LogP contribution in [0.1, 0.15) is 31.0 Å². The molecule has 3 aromatic rings. The average molecular weight is 412 g/mol.